The zero-order valence-corrected chi connectivity index (χ0v) is 15.3. The predicted molar refractivity (Wildman–Crippen MR) is 101 cm³/mol. The lowest BCUT2D eigenvalue weighted by Gasteiger charge is -2.12. The number of ether oxygens (including phenoxy) is 2. The number of nitrogens with one attached hydrogen (secondary N) is 3. The molecule has 0 aliphatic heterocycles. The van der Waals surface area contributed by atoms with Gasteiger partial charge >= 0.3 is 0 Å². The molecule has 2 rings (SSSR count). The van der Waals surface area contributed by atoms with Crippen LogP contribution in [0.3, 0.4) is 0 Å². The highest BCUT2D eigenvalue weighted by Gasteiger charge is 2.10. The Hall–Kier alpha value is -2.84. The van der Waals surface area contributed by atoms with E-state index in [1.165, 1.54) is 13.2 Å². The second-order valence-corrected chi connectivity index (χ2v) is 5.75. The highest BCUT2D eigenvalue weighted by molar-refractivity contribution is 7.80. The Kier molecular flexibility index (Phi) is 7.19. The van der Waals surface area contributed by atoms with Crippen LogP contribution in [0.2, 0.25) is 5.02 Å². The third-order valence-corrected chi connectivity index (χ3v) is 3.50. The summed E-state index contributed by atoms with van der Waals surface area (Å²) in [4.78, 5) is 23.8. The summed E-state index contributed by atoms with van der Waals surface area (Å²) in [5.74, 6) is -0.00662. The molecule has 2 aromatic rings. The van der Waals surface area contributed by atoms with E-state index in [-0.39, 0.29) is 11.7 Å². The first-order valence-corrected chi connectivity index (χ1v) is 8.20. The molecule has 0 unspecified atom stereocenters. The van der Waals surface area contributed by atoms with Gasteiger partial charge in [-0.15, -0.1) is 0 Å². The van der Waals surface area contributed by atoms with Gasteiger partial charge in [-0.25, -0.2) is 0 Å². The normalized spacial score (nSPS) is 9.77. The number of carbonyl (C=O) groups is 2. The van der Waals surface area contributed by atoms with Crippen molar-refractivity contribution < 1.29 is 19.1 Å². The fourth-order valence-electron chi connectivity index (χ4n) is 1.89. The second-order valence-electron chi connectivity index (χ2n) is 4.91. The molecule has 0 fully saturated rings. The van der Waals surface area contributed by atoms with Crippen molar-refractivity contribution in [1.82, 2.24) is 16.2 Å². The fraction of sp³-hybridized carbons (Fsp3) is 0.118. The van der Waals surface area contributed by atoms with Gasteiger partial charge in [-0.3, -0.25) is 25.8 Å². The van der Waals surface area contributed by atoms with Gasteiger partial charge in [0.05, 0.1) is 7.11 Å². The van der Waals surface area contributed by atoms with E-state index < -0.39 is 11.8 Å². The SMILES string of the molecule is COc1ccccc1OCC(=O)NC(=S)NNC(=O)c1cccc(Cl)c1. The number of hydrogen-bond acceptors (Lipinski definition) is 5. The molecular formula is C17H16ClN3O4S. The molecular weight excluding hydrogens is 378 g/mol. The van der Waals surface area contributed by atoms with Crippen molar-refractivity contribution in [3.8, 4) is 11.5 Å². The molecule has 0 aliphatic rings. The van der Waals surface area contributed by atoms with Gasteiger partial charge in [0, 0.05) is 10.6 Å². The van der Waals surface area contributed by atoms with E-state index in [2.05, 4.69) is 16.2 Å². The molecule has 2 amide bonds. The maximum atomic E-state index is 11.9. The number of halogens is 1. The van der Waals surface area contributed by atoms with Gasteiger partial charge in [0.25, 0.3) is 11.8 Å². The van der Waals surface area contributed by atoms with Crippen molar-refractivity contribution >= 4 is 40.7 Å². The van der Waals surface area contributed by atoms with Crippen molar-refractivity contribution in [1.29, 1.82) is 0 Å². The molecule has 136 valence electrons. The van der Waals surface area contributed by atoms with E-state index in [4.69, 9.17) is 33.3 Å². The summed E-state index contributed by atoms with van der Waals surface area (Å²) < 4.78 is 10.5. The van der Waals surface area contributed by atoms with Crippen molar-refractivity contribution in [3.63, 3.8) is 0 Å². The quantitative estimate of drug-likeness (QED) is 0.532. The third-order valence-electron chi connectivity index (χ3n) is 3.06. The summed E-state index contributed by atoms with van der Waals surface area (Å²) in [7, 11) is 1.50. The van der Waals surface area contributed by atoms with Crippen LogP contribution in [0.1, 0.15) is 10.4 Å². The van der Waals surface area contributed by atoms with Crippen LogP contribution in [0, 0.1) is 0 Å². The van der Waals surface area contributed by atoms with Gasteiger partial charge in [-0.2, -0.15) is 0 Å². The van der Waals surface area contributed by atoms with Crippen molar-refractivity contribution in [2.75, 3.05) is 13.7 Å². The zero-order chi connectivity index (χ0) is 18.9. The Morgan fingerprint density at radius 3 is 2.50 bits per heavy atom. The summed E-state index contributed by atoms with van der Waals surface area (Å²) in [5, 5.41) is 2.74. The highest BCUT2D eigenvalue weighted by Crippen LogP contribution is 2.25. The molecule has 0 aromatic heterocycles. The van der Waals surface area contributed by atoms with Gasteiger partial charge in [0.2, 0.25) is 0 Å². The van der Waals surface area contributed by atoms with Gasteiger partial charge in [-0.1, -0.05) is 29.8 Å². The third kappa shape index (κ3) is 5.91. The number of methoxy groups -OCH3 is 1. The average Bonchev–Trinajstić information content (AvgIpc) is 2.64. The lowest BCUT2D eigenvalue weighted by molar-refractivity contribution is -0.121. The molecule has 0 aliphatic carbocycles. The highest BCUT2D eigenvalue weighted by atomic mass is 35.5. The van der Waals surface area contributed by atoms with Crippen molar-refractivity contribution in [2.45, 2.75) is 0 Å². The van der Waals surface area contributed by atoms with E-state index in [1.807, 2.05) is 0 Å². The Balaban J connectivity index is 1.76. The molecule has 7 nitrogen and oxygen atoms in total. The topological polar surface area (TPSA) is 88.7 Å². The van der Waals surface area contributed by atoms with E-state index in [9.17, 15) is 9.59 Å². The van der Waals surface area contributed by atoms with Crippen molar-refractivity contribution in [2.24, 2.45) is 0 Å². The molecule has 0 bridgehead atoms. The number of para-hydroxylation sites is 2. The number of hydrazine groups is 1. The van der Waals surface area contributed by atoms with Crippen molar-refractivity contribution in [3.05, 3.63) is 59.1 Å². The number of amides is 2. The number of rotatable bonds is 5. The van der Waals surface area contributed by atoms with Crippen LogP contribution in [-0.2, 0) is 4.79 Å². The summed E-state index contributed by atoms with van der Waals surface area (Å²) in [6.45, 7) is -0.273. The van der Waals surface area contributed by atoms with E-state index >= 15 is 0 Å². The molecule has 0 radical (unpaired) electrons. The smallest absolute Gasteiger partial charge is 0.269 e. The summed E-state index contributed by atoms with van der Waals surface area (Å²) in [5.41, 5.74) is 5.13. The number of thiocarbonyl (C=S) groups is 1. The number of benzene rings is 2. The molecule has 9 heteroatoms. The molecule has 0 saturated heterocycles. The van der Waals surface area contributed by atoms with Crippen LogP contribution < -0.4 is 25.6 Å². The predicted octanol–water partition coefficient (Wildman–Crippen LogP) is 2.06. The summed E-state index contributed by atoms with van der Waals surface area (Å²) in [6.07, 6.45) is 0. The summed E-state index contributed by atoms with van der Waals surface area (Å²) >= 11 is 10.8. The van der Waals surface area contributed by atoms with E-state index in [0.717, 1.165) is 0 Å². The monoisotopic (exact) mass is 393 g/mol. The lowest BCUT2D eigenvalue weighted by atomic mass is 10.2. The standard InChI is InChI=1S/C17H16ClN3O4S/c1-24-13-7-2-3-8-14(13)25-10-15(22)19-17(26)21-20-16(23)11-5-4-6-12(18)9-11/h2-9H,10H2,1H3,(H,20,23)(H2,19,21,22,26). The van der Waals surface area contributed by atoms with E-state index in [1.54, 1.807) is 42.5 Å². The Bertz CT molecular complexity index is 816. The van der Waals surface area contributed by atoms with E-state index in [0.29, 0.717) is 22.1 Å². The van der Waals surface area contributed by atoms with Crippen LogP contribution in [0.15, 0.2) is 48.5 Å². The minimum Gasteiger partial charge on any atom is -0.493 e. The molecule has 0 spiro atoms. The largest absolute Gasteiger partial charge is 0.493 e. The fourth-order valence-corrected chi connectivity index (χ4v) is 2.25. The molecule has 0 saturated carbocycles. The average molecular weight is 394 g/mol. The maximum absolute atomic E-state index is 11.9. The first kappa shape index (κ1) is 19.5. The molecule has 2 aromatic carbocycles. The summed E-state index contributed by atoms with van der Waals surface area (Å²) in [6, 6.07) is 13.3. The van der Waals surface area contributed by atoms with Crippen LogP contribution in [0.25, 0.3) is 0 Å². The second kappa shape index (κ2) is 9.59. The Morgan fingerprint density at radius 2 is 1.81 bits per heavy atom. The first-order valence-electron chi connectivity index (χ1n) is 7.41. The molecule has 0 atom stereocenters. The number of hydrogen-bond donors (Lipinski definition) is 3. The Labute approximate surface area is 160 Å². The zero-order valence-electron chi connectivity index (χ0n) is 13.7. The van der Waals surface area contributed by atoms with Crippen LogP contribution in [-0.4, -0.2) is 30.6 Å². The number of carbonyl (C=O) groups excluding carboxylic acids is 2. The minimum absolute atomic E-state index is 0.0750. The molecule has 26 heavy (non-hydrogen) atoms. The molecule has 3 N–H and O–H groups in total. The van der Waals surface area contributed by atoms with Gasteiger partial charge in [0.15, 0.2) is 23.2 Å². The molecule has 0 heterocycles. The van der Waals surface area contributed by atoms with Gasteiger partial charge in [-0.05, 0) is 42.5 Å². The van der Waals surface area contributed by atoms with Gasteiger partial charge in [0.1, 0.15) is 0 Å². The first-order chi connectivity index (χ1) is 12.5. The van der Waals surface area contributed by atoms with Crippen LogP contribution in [0.5, 0.6) is 11.5 Å². The van der Waals surface area contributed by atoms with Gasteiger partial charge < -0.3 is 9.47 Å². The minimum atomic E-state index is -0.495. The maximum Gasteiger partial charge on any atom is 0.269 e. The van der Waals surface area contributed by atoms with Crippen LogP contribution >= 0.6 is 23.8 Å². The Morgan fingerprint density at radius 1 is 1.08 bits per heavy atom. The lowest BCUT2D eigenvalue weighted by Crippen LogP contribution is -2.49. The van der Waals surface area contributed by atoms with Crippen LogP contribution in [0.4, 0.5) is 0 Å².